The summed E-state index contributed by atoms with van der Waals surface area (Å²) in [6, 6.07) is 12.2. The molecule has 0 unspecified atom stereocenters. The van der Waals surface area contributed by atoms with Gasteiger partial charge in [0.25, 0.3) is 5.91 Å². The minimum atomic E-state index is -0.910. The number of benzene rings is 2. The highest BCUT2D eigenvalue weighted by atomic mass is 35.5. The van der Waals surface area contributed by atoms with E-state index < -0.39 is 30.4 Å². The van der Waals surface area contributed by atoms with Crippen molar-refractivity contribution in [3.05, 3.63) is 59.4 Å². The van der Waals surface area contributed by atoms with E-state index in [1.807, 2.05) is 0 Å². The predicted octanol–water partition coefficient (Wildman–Crippen LogP) is 3.43. The van der Waals surface area contributed by atoms with Crippen LogP contribution in [0.25, 0.3) is 0 Å². The maximum Gasteiger partial charge on any atom is 0.347 e. The molecule has 2 rings (SSSR count). The Morgan fingerprint density at radius 1 is 1.17 bits per heavy atom. The van der Waals surface area contributed by atoms with Crippen molar-refractivity contribution in [2.45, 2.75) is 13.0 Å². The molecule has 2 aromatic rings. The number of halogens is 2. The van der Waals surface area contributed by atoms with Crippen molar-refractivity contribution in [3.8, 4) is 5.75 Å². The lowest BCUT2D eigenvalue weighted by molar-refractivity contribution is -0.153. The van der Waals surface area contributed by atoms with Crippen LogP contribution in [0.4, 0.5) is 10.1 Å². The molecule has 0 saturated carbocycles. The average molecular weight is 352 g/mol. The van der Waals surface area contributed by atoms with Gasteiger partial charge in [-0.2, -0.15) is 0 Å². The topological polar surface area (TPSA) is 64.6 Å². The first kappa shape index (κ1) is 17.7. The number of hydrogen-bond acceptors (Lipinski definition) is 4. The molecule has 2 aromatic carbocycles. The van der Waals surface area contributed by atoms with Gasteiger partial charge in [0.1, 0.15) is 11.6 Å². The lowest BCUT2D eigenvalue weighted by Gasteiger charge is -2.14. The van der Waals surface area contributed by atoms with Gasteiger partial charge < -0.3 is 14.8 Å². The van der Waals surface area contributed by atoms with Crippen LogP contribution >= 0.6 is 11.6 Å². The lowest BCUT2D eigenvalue weighted by atomic mass is 10.3. The molecular formula is C17H15ClFNO4. The van der Waals surface area contributed by atoms with Gasteiger partial charge in [-0.25, -0.2) is 9.18 Å². The van der Waals surface area contributed by atoms with Crippen molar-refractivity contribution in [1.82, 2.24) is 0 Å². The molecule has 1 N–H and O–H groups in total. The van der Waals surface area contributed by atoms with E-state index in [-0.39, 0.29) is 5.69 Å². The molecule has 0 saturated heterocycles. The molecule has 5 nitrogen and oxygen atoms in total. The molecule has 0 bridgehead atoms. The van der Waals surface area contributed by atoms with E-state index in [0.717, 1.165) is 0 Å². The van der Waals surface area contributed by atoms with E-state index in [1.54, 1.807) is 30.3 Å². The molecular weight excluding hydrogens is 337 g/mol. The van der Waals surface area contributed by atoms with Crippen LogP contribution < -0.4 is 10.1 Å². The fourth-order valence-corrected chi connectivity index (χ4v) is 1.89. The number of anilines is 1. The second-order valence-corrected chi connectivity index (χ2v) is 5.29. The highest BCUT2D eigenvalue weighted by Crippen LogP contribution is 2.17. The highest BCUT2D eigenvalue weighted by molar-refractivity contribution is 6.30. The van der Waals surface area contributed by atoms with Crippen LogP contribution in [0.15, 0.2) is 48.5 Å². The average Bonchev–Trinajstić information content (AvgIpc) is 2.57. The molecule has 0 aliphatic rings. The molecule has 0 radical (unpaired) electrons. The number of carbonyl (C=O) groups excluding carboxylic acids is 2. The molecule has 1 amide bonds. The summed E-state index contributed by atoms with van der Waals surface area (Å²) in [5, 5.41) is 2.86. The Morgan fingerprint density at radius 3 is 2.50 bits per heavy atom. The Balaban J connectivity index is 1.80. The van der Waals surface area contributed by atoms with Crippen molar-refractivity contribution in [2.75, 3.05) is 11.9 Å². The molecule has 0 aliphatic heterocycles. The first-order valence-corrected chi connectivity index (χ1v) is 7.47. The first-order chi connectivity index (χ1) is 11.5. The number of hydrogen-bond donors (Lipinski definition) is 1. The fourth-order valence-electron chi connectivity index (χ4n) is 1.77. The van der Waals surface area contributed by atoms with Crippen LogP contribution in [0.1, 0.15) is 6.92 Å². The maximum absolute atomic E-state index is 13.4. The number of para-hydroxylation sites is 1. The van der Waals surface area contributed by atoms with Crippen LogP contribution in [-0.2, 0) is 14.3 Å². The summed E-state index contributed by atoms with van der Waals surface area (Å²) < 4.78 is 23.6. The van der Waals surface area contributed by atoms with Gasteiger partial charge in [0, 0.05) is 5.02 Å². The summed E-state index contributed by atoms with van der Waals surface area (Å²) in [5.74, 6) is -1.49. The van der Waals surface area contributed by atoms with Crippen LogP contribution in [0.5, 0.6) is 5.75 Å². The summed E-state index contributed by atoms with van der Waals surface area (Å²) >= 11 is 5.75. The highest BCUT2D eigenvalue weighted by Gasteiger charge is 2.18. The Kier molecular flexibility index (Phi) is 6.14. The zero-order valence-corrected chi connectivity index (χ0v) is 13.5. The van der Waals surface area contributed by atoms with Crippen LogP contribution in [0.2, 0.25) is 5.02 Å². The largest absolute Gasteiger partial charge is 0.479 e. The van der Waals surface area contributed by atoms with Gasteiger partial charge in [-0.15, -0.1) is 0 Å². The van der Waals surface area contributed by atoms with Gasteiger partial charge in [0.05, 0.1) is 5.69 Å². The van der Waals surface area contributed by atoms with Crippen LogP contribution in [-0.4, -0.2) is 24.6 Å². The number of esters is 1. The second kappa shape index (κ2) is 8.31. The van der Waals surface area contributed by atoms with Gasteiger partial charge in [-0.1, -0.05) is 23.7 Å². The molecule has 7 heteroatoms. The van der Waals surface area contributed by atoms with Crippen molar-refractivity contribution in [2.24, 2.45) is 0 Å². The summed E-state index contributed by atoms with van der Waals surface area (Å²) in [5.41, 5.74) is 0.0176. The monoisotopic (exact) mass is 351 g/mol. The summed E-state index contributed by atoms with van der Waals surface area (Å²) in [6.07, 6.45) is -0.910. The molecule has 0 aromatic heterocycles. The van der Waals surface area contributed by atoms with Crippen molar-refractivity contribution in [1.29, 1.82) is 0 Å². The van der Waals surface area contributed by atoms with Crippen molar-refractivity contribution in [3.63, 3.8) is 0 Å². The summed E-state index contributed by atoms with van der Waals surface area (Å²) in [4.78, 5) is 23.5. The second-order valence-electron chi connectivity index (χ2n) is 4.85. The fraction of sp³-hybridized carbons (Fsp3) is 0.176. The van der Waals surface area contributed by atoms with E-state index in [9.17, 15) is 14.0 Å². The van der Waals surface area contributed by atoms with E-state index in [4.69, 9.17) is 21.1 Å². The van der Waals surface area contributed by atoms with E-state index in [2.05, 4.69) is 5.32 Å². The van der Waals surface area contributed by atoms with Crippen LogP contribution in [0, 0.1) is 5.82 Å². The number of ether oxygens (including phenoxy) is 2. The van der Waals surface area contributed by atoms with Gasteiger partial charge in [-0.3, -0.25) is 4.79 Å². The Labute approximate surface area is 143 Å². The van der Waals surface area contributed by atoms with E-state index in [1.165, 1.54) is 25.1 Å². The molecule has 0 aliphatic carbocycles. The van der Waals surface area contributed by atoms with Crippen molar-refractivity contribution >= 4 is 29.2 Å². The quantitative estimate of drug-likeness (QED) is 0.810. The maximum atomic E-state index is 13.4. The van der Waals surface area contributed by atoms with Gasteiger partial charge in [0.2, 0.25) is 0 Å². The molecule has 0 heterocycles. The van der Waals surface area contributed by atoms with E-state index >= 15 is 0 Å². The Bertz CT molecular complexity index is 721. The molecule has 1 atom stereocenters. The number of amides is 1. The lowest BCUT2D eigenvalue weighted by Crippen LogP contribution is -2.29. The third-order valence-corrected chi connectivity index (χ3v) is 3.20. The Morgan fingerprint density at radius 2 is 1.83 bits per heavy atom. The minimum Gasteiger partial charge on any atom is -0.479 e. The summed E-state index contributed by atoms with van der Waals surface area (Å²) in [7, 11) is 0. The standard InChI is InChI=1S/C17H15ClFNO4/c1-11(24-13-8-6-12(18)7-9-13)17(22)23-10-16(21)20-15-5-3-2-4-14(15)19/h2-9,11H,10H2,1H3,(H,20,21)/t11-/m1/s1. The normalized spacial score (nSPS) is 11.5. The Hall–Kier alpha value is -2.60. The SMILES string of the molecule is C[C@@H](Oc1ccc(Cl)cc1)C(=O)OCC(=O)Nc1ccccc1F. The smallest absolute Gasteiger partial charge is 0.347 e. The number of rotatable bonds is 6. The zero-order valence-electron chi connectivity index (χ0n) is 12.8. The van der Waals surface area contributed by atoms with Crippen LogP contribution in [0.3, 0.4) is 0 Å². The number of nitrogens with one attached hydrogen (secondary N) is 1. The third kappa shape index (κ3) is 5.24. The number of carbonyl (C=O) groups is 2. The van der Waals surface area contributed by atoms with Gasteiger partial charge in [0.15, 0.2) is 12.7 Å². The molecule has 0 spiro atoms. The summed E-state index contributed by atoms with van der Waals surface area (Å²) in [6.45, 7) is 0.952. The third-order valence-electron chi connectivity index (χ3n) is 2.95. The molecule has 24 heavy (non-hydrogen) atoms. The van der Waals surface area contributed by atoms with Gasteiger partial charge in [-0.05, 0) is 43.3 Å². The van der Waals surface area contributed by atoms with Crippen molar-refractivity contribution < 1.29 is 23.5 Å². The molecule has 0 fully saturated rings. The molecule has 126 valence electrons. The minimum absolute atomic E-state index is 0.0176. The predicted molar refractivity (Wildman–Crippen MR) is 87.5 cm³/mol. The zero-order chi connectivity index (χ0) is 17.5. The van der Waals surface area contributed by atoms with E-state index in [0.29, 0.717) is 10.8 Å². The first-order valence-electron chi connectivity index (χ1n) is 7.09. The van der Waals surface area contributed by atoms with Gasteiger partial charge >= 0.3 is 5.97 Å².